The summed E-state index contributed by atoms with van der Waals surface area (Å²) in [4.78, 5) is 0. The molecule has 15 heavy (non-hydrogen) atoms. The second kappa shape index (κ2) is 10.5. The zero-order valence-corrected chi connectivity index (χ0v) is 11.5. The first-order chi connectivity index (χ1) is 7.38. The van der Waals surface area contributed by atoms with E-state index in [1.165, 1.54) is 57.8 Å². The lowest BCUT2D eigenvalue weighted by Crippen LogP contribution is -2.17. The Balaban J connectivity index is 0.000000921. The van der Waals surface area contributed by atoms with Crippen LogP contribution in [-0.2, 0) is 0 Å². The van der Waals surface area contributed by atoms with E-state index in [1.54, 1.807) is 0 Å². The molecule has 1 unspecified atom stereocenters. The molecule has 0 nitrogen and oxygen atoms in total. The minimum Gasteiger partial charge on any atom is -0.0683 e. The van der Waals surface area contributed by atoms with E-state index in [2.05, 4.69) is 13.8 Å². The highest BCUT2D eigenvalue weighted by Crippen LogP contribution is 2.34. The van der Waals surface area contributed by atoms with Crippen LogP contribution >= 0.6 is 0 Å². The van der Waals surface area contributed by atoms with Crippen molar-refractivity contribution in [2.75, 3.05) is 0 Å². The molecule has 1 rings (SSSR count). The molecule has 0 amide bonds. The van der Waals surface area contributed by atoms with Gasteiger partial charge in [0.05, 0.1) is 0 Å². The van der Waals surface area contributed by atoms with E-state index in [9.17, 15) is 0 Å². The third-order valence-corrected chi connectivity index (χ3v) is 3.77. The molecule has 0 N–H and O–H groups in total. The fourth-order valence-electron chi connectivity index (χ4n) is 2.85. The first-order valence-corrected chi connectivity index (χ1v) is 7.38. The van der Waals surface area contributed by atoms with Gasteiger partial charge in [-0.05, 0) is 11.8 Å². The van der Waals surface area contributed by atoms with Crippen LogP contribution in [0.1, 0.15) is 85.5 Å². The molecule has 1 aliphatic carbocycles. The third kappa shape index (κ3) is 6.22. The summed E-state index contributed by atoms with van der Waals surface area (Å²) in [6, 6.07) is 0. The summed E-state index contributed by atoms with van der Waals surface area (Å²) < 4.78 is 0. The summed E-state index contributed by atoms with van der Waals surface area (Å²) >= 11 is 0. The van der Waals surface area contributed by atoms with Crippen LogP contribution in [0.25, 0.3) is 0 Å². The molecule has 0 heteroatoms. The zero-order valence-electron chi connectivity index (χ0n) is 11.5. The van der Waals surface area contributed by atoms with Crippen molar-refractivity contribution < 1.29 is 0 Å². The van der Waals surface area contributed by atoms with Crippen LogP contribution in [0.4, 0.5) is 0 Å². The molecule has 0 heterocycles. The molecule has 0 saturated heterocycles. The van der Waals surface area contributed by atoms with Crippen molar-refractivity contribution in [1.82, 2.24) is 0 Å². The van der Waals surface area contributed by atoms with Crippen LogP contribution < -0.4 is 0 Å². The van der Waals surface area contributed by atoms with Crippen LogP contribution in [0.5, 0.6) is 0 Å². The summed E-state index contributed by atoms with van der Waals surface area (Å²) in [5.74, 6) is 2.14. The van der Waals surface area contributed by atoms with Gasteiger partial charge >= 0.3 is 0 Å². The molecule has 1 fully saturated rings. The van der Waals surface area contributed by atoms with Crippen molar-refractivity contribution >= 4 is 0 Å². The predicted molar refractivity (Wildman–Crippen MR) is 71.2 cm³/mol. The first-order valence-electron chi connectivity index (χ1n) is 7.38. The number of hydrogen-bond acceptors (Lipinski definition) is 0. The van der Waals surface area contributed by atoms with Crippen molar-refractivity contribution in [2.24, 2.45) is 11.8 Å². The van der Waals surface area contributed by atoms with E-state index < -0.39 is 0 Å². The lowest BCUT2D eigenvalue weighted by Gasteiger charge is -2.29. The van der Waals surface area contributed by atoms with Crippen molar-refractivity contribution in [1.29, 1.82) is 0 Å². The fourth-order valence-corrected chi connectivity index (χ4v) is 2.85. The largest absolute Gasteiger partial charge is 0.0683 e. The summed E-state index contributed by atoms with van der Waals surface area (Å²) in [6.07, 6.45) is 13.3. The molecule has 0 aliphatic heterocycles. The Labute approximate surface area is 97.8 Å². The number of unbranched alkanes of at least 4 members (excludes halogenated alkanes) is 1. The minimum absolute atomic E-state index is 1.06. The van der Waals surface area contributed by atoms with Gasteiger partial charge in [-0.3, -0.25) is 0 Å². The smallest absolute Gasteiger partial charge is 0.0386 e. The van der Waals surface area contributed by atoms with E-state index in [4.69, 9.17) is 0 Å². The Morgan fingerprint density at radius 2 is 1.60 bits per heavy atom. The number of rotatable bonds is 5. The molecule has 0 bridgehead atoms. The van der Waals surface area contributed by atoms with Crippen LogP contribution in [0.3, 0.4) is 0 Å². The van der Waals surface area contributed by atoms with Gasteiger partial charge in [-0.1, -0.05) is 85.5 Å². The molecule has 1 atom stereocenters. The molecular weight excluding hydrogens is 180 g/mol. The standard InChI is InChI=1S/C13H26.C2H6/c1-3-5-9-12(4-2)13-10-7-6-8-11-13;1-2/h12-13H,3-11H2,1-2H3;1-2H3. The molecule has 1 aliphatic rings. The maximum absolute atomic E-state index is 2.38. The number of hydrogen-bond donors (Lipinski definition) is 0. The summed E-state index contributed by atoms with van der Waals surface area (Å²) in [6.45, 7) is 8.70. The van der Waals surface area contributed by atoms with Gasteiger partial charge in [-0.15, -0.1) is 0 Å². The lowest BCUT2D eigenvalue weighted by molar-refractivity contribution is 0.226. The molecule has 0 spiro atoms. The maximum Gasteiger partial charge on any atom is -0.0386 e. The van der Waals surface area contributed by atoms with Gasteiger partial charge in [0.15, 0.2) is 0 Å². The first kappa shape index (κ1) is 15.0. The zero-order chi connectivity index (χ0) is 11.5. The lowest BCUT2D eigenvalue weighted by atomic mass is 9.77. The Hall–Kier alpha value is 0. The fraction of sp³-hybridized carbons (Fsp3) is 1.00. The average molecular weight is 212 g/mol. The van der Waals surface area contributed by atoms with Crippen LogP contribution in [0, 0.1) is 11.8 Å². The van der Waals surface area contributed by atoms with Crippen LogP contribution in [0.15, 0.2) is 0 Å². The summed E-state index contributed by atoms with van der Waals surface area (Å²) in [7, 11) is 0. The molecule has 1 saturated carbocycles. The normalized spacial score (nSPS) is 19.2. The SMILES string of the molecule is CC.CCCCC(CC)C1CCCCC1. The molecule has 92 valence electrons. The quantitative estimate of drug-likeness (QED) is 0.539. The average Bonchev–Trinajstić information content (AvgIpc) is 2.34. The highest BCUT2D eigenvalue weighted by molar-refractivity contribution is 4.73. The van der Waals surface area contributed by atoms with E-state index in [0.717, 1.165) is 11.8 Å². The van der Waals surface area contributed by atoms with E-state index in [-0.39, 0.29) is 0 Å². The van der Waals surface area contributed by atoms with Gasteiger partial charge in [-0.2, -0.15) is 0 Å². The summed E-state index contributed by atoms with van der Waals surface area (Å²) in [5.41, 5.74) is 0. The molecule has 0 aromatic rings. The van der Waals surface area contributed by atoms with E-state index >= 15 is 0 Å². The summed E-state index contributed by atoms with van der Waals surface area (Å²) in [5, 5.41) is 0. The van der Waals surface area contributed by atoms with Crippen molar-refractivity contribution in [2.45, 2.75) is 85.5 Å². The van der Waals surface area contributed by atoms with E-state index in [1.807, 2.05) is 13.8 Å². The van der Waals surface area contributed by atoms with Crippen LogP contribution in [-0.4, -0.2) is 0 Å². The van der Waals surface area contributed by atoms with Crippen molar-refractivity contribution in [3.63, 3.8) is 0 Å². The second-order valence-electron chi connectivity index (χ2n) is 4.71. The molecule has 0 radical (unpaired) electrons. The Kier molecular flexibility index (Phi) is 10.5. The molecule has 0 aromatic carbocycles. The minimum atomic E-state index is 1.06. The van der Waals surface area contributed by atoms with Crippen molar-refractivity contribution in [3.8, 4) is 0 Å². The monoisotopic (exact) mass is 212 g/mol. The highest BCUT2D eigenvalue weighted by Gasteiger charge is 2.21. The van der Waals surface area contributed by atoms with Gasteiger partial charge in [-0.25, -0.2) is 0 Å². The Bertz CT molecular complexity index is 111. The van der Waals surface area contributed by atoms with Crippen LogP contribution in [0.2, 0.25) is 0 Å². The van der Waals surface area contributed by atoms with Gasteiger partial charge < -0.3 is 0 Å². The maximum atomic E-state index is 2.38. The Morgan fingerprint density at radius 1 is 1.00 bits per heavy atom. The molecular formula is C15H32. The second-order valence-corrected chi connectivity index (χ2v) is 4.71. The van der Waals surface area contributed by atoms with Gasteiger partial charge in [0.2, 0.25) is 0 Å². The highest BCUT2D eigenvalue weighted by atomic mass is 14.3. The predicted octanol–water partition coefficient (Wildman–Crippen LogP) is 5.81. The van der Waals surface area contributed by atoms with Gasteiger partial charge in [0.1, 0.15) is 0 Å². The van der Waals surface area contributed by atoms with Crippen molar-refractivity contribution in [3.05, 3.63) is 0 Å². The topological polar surface area (TPSA) is 0 Å². The van der Waals surface area contributed by atoms with Gasteiger partial charge in [0.25, 0.3) is 0 Å². The third-order valence-electron chi connectivity index (χ3n) is 3.77. The van der Waals surface area contributed by atoms with Gasteiger partial charge in [0, 0.05) is 0 Å². The van der Waals surface area contributed by atoms with E-state index in [0.29, 0.717) is 0 Å². The molecule has 0 aromatic heterocycles. The Morgan fingerprint density at radius 3 is 2.07 bits per heavy atom.